The van der Waals surface area contributed by atoms with Gasteiger partial charge < -0.3 is 10.2 Å². The average molecular weight is 421 g/mol. The summed E-state index contributed by atoms with van der Waals surface area (Å²) in [6.07, 6.45) is 0.213. The Bertz CT molecular complexity index is 835. The minimum absolute atomic E-state index is 0.0110. The van der Waals surface area contributed by atoms with Gasteiger partial charge in [0.25, 0.3) is 0 Å². The Morgan fingerprint density at radius 2 is 1.68 bits per heavy atom. The second-order valence-corrected chi connectivity index (χ2v) is 8.10. The molecule has 150 valence electrons. The van der Waals surface area contributed by atoms with Crippen LogP contribution in [0.1, 0.15) is 37.5 Å². The van der Waals surface area contributed by atoms with Crippen molar-refractivity contribution in [3.05, 3.63) is 69.2 Å². The molecule has 1 atom stereocenters. The summed E-state index contributed by atoms with van der Waals surface area (Å²) in [4.78, 5) is 27.2. The van der Waals surface area contributed by atoms with E-state index >= 15 is 0 Å². The first kappa shape index (κ1) is 22.3. The SMILES string of the molecule is Cc1ccc(CC(=O)N(Cc2ccc(Cl)cc2Cl)[C@@H](C)C(=O)NC(C)C)cc1. The van der Waals surface area contributed by atoms with Gasteiger partial charge in [-0.15, -0.1) is 0 Å². The van der Waals surface area contributed by atoms with Gasteiger partial charge >= 0.3 is 0 Å². The van der Waals surface area contributed by atoms with Gasteiger partial charge in [0.15, 0.2) is 0 Å². The van der Waals surface area contributed by atoms with Gasteiger partial charge in [0.2, 0.25) is 11.8 Å². The fourth-order valence-corrected chi connectivity index (χ4v) is 3.27. The van der Waals surface area contributed by atoms with Gasteiger partial charge in [-0.25, -0.2) is 0 Å². The van der Waals surface area contributed by atoms with E-state index < -0.39 is 6.04 Å². The fraction of sp³-hybridized carbons (Fsp3) is 0.364. The van der Waals surface area contributed by atoms with Crippen LogP contribution < -0.4 is 5.32 Å². The molecule has 0 fully saturated rings. The highest BCUT2D eigenvalue weighted by Crippen LogP contribution is 2.23. The van der Waals surface area contributed by atoms with Crippen LogP contribution in [0.2, 0.25) is 10.0 Å². The smallest absolute Gasteiger partial charge is 0.242 e. The molecule has 0 saturated heterocycles. The first-order valence-corrected chi connectivity index (χ1v) is 10.0. The van der Waals surface area contributed by atoms with Gasteiger partial charge in [0.1, 0.15) is 6.04 Å². The van der Waals surface area contributed by atoms with E-state index in [0.717, 1.165) is 16.7 Å². The van der Waals surface area contributed by atoms with Gasteiger partial charge in [-0.05, 0) is 51.0 Å². The molecule has 0 bridgehead atoms. The van der Waals surface area contributed by atoms with Crippen LogP contribution in [-0.2, 0) is 22.6 Å². The van der Waals surface area contributed by atoms with E-state index in [-0.39, 0.29) is 30.8 Å². The molecule has 0 aliphatic carbocycles. The second-order valence-electron chi connectivity index (χ2n) is 7.26. The number of carbonyl (C=O) groups excluding carboxylic acids is 2. The van der Waals surface area contributed by atoms with E-state index in [0.29, 0.717) is 10.0 Å². The maximum atomic E-state index is 13.1. The molecule has 4 nitrogen and oxygen atoms in total. The van der Waals surface area contributed by atoms with Crippen LogP contribution in [0.25, 0.3) is 0 Å². The summed E-state index contributed by atoms with van der Waals surface area (Å²) >= 11 is 12.3. The molecule has 2 rings (SSSR count). The molecule has 0 aliphatic heterocycles. The third-order valence-corrected chi connectivity index (χ3v) is 5.02. The summed E-state index contributed by atoms with van der Waals surface area (Å²) < 4.78 is 0. The minimum Gasteiger partial charge on any atom is -0.352 e. The highest BCUT2D eigenvalue weighted by molar-refractivity contribution is 6.35. The number of amides is 2. The predicted octanol–water partition coefficient (Wildman–Crippen LogP) is 4.79. The first-order valence-electron chi connectivity index (χ1n) is 9.26. The molecule has 0 radical (unpaired) electrons. The van der Waals surface area contributed by atoms with Crippen molar-refractivity contribution in [3.8, 4) is 0 Å². The summed E-state index contributed by atoms with van der Waals surface area (Å²) in [6.45, 7) is 7.74. The molecular formula is C22H26Cl2N2O2. The van der Waals surface area contributed by atoms with Crippen LogP contribution in [0.5, 0.6) is 0 Å². The predicted molar refractivity (Wildman–Crippen MR) is 115 cm³/mol. The van der Waals surface area contributed by atoms with E-state index in [1.54, 1.807) is 30.0 Å². The van der Waals surface area contributed by atoms with Crippen molar-refractivity contribution in [2.24, 2.45) is 0 Å². The molecule has 0 aromatic heterocycles. The Morgan fingerprint density at radius 3 is 2.25 bits per heavy atom. The minimum atomic E-state index is -0.632. The lowest BCUT2D eigenvalue weighted by atomic mass is 10.1. The molecule has 2 aromatic rings. The highest BCUT2D eigenvalue weighted by atomic mass is 35.5. The van der Waals surface area contributed by atoms with Crippen LogP contribution in [0.15, 0.2) is 42.5 Å². The molecule has 1 N–H and O–H groups in total. The monoisotopic (exact) mass is 420 g/mol. The maximum Gasteiger partial charge on any atom is 0.242 e. The summed E-state index contributed by atoms with van der Waals surface area (Å²) in [5.41, 5.74) is 2.78. The zero-order chi connectivity index (χ0) is 20.8. The van der Waals surface area contributed by atoms with E-state index in [1.165, 1.54) is 0 Å². The first-order chi connectivity index (χ1) is 13.2. The van der Waals surface area contributed by atoms with Crippen LogP contribution in [0.4, 0.5) is 0 Å². The van der Waals surface area contributed by atoms with Gasteiger partial charge in [0.05, 0.1) is 6.42 Å². The lowest BCUT2D eigenvalue weighted by molar-refractivity contribution is -0.140. The van der Waals surface area contributed by atoms with E-state index in [1.807, 2.05) is 45.0 Å². The lowest BCUT2D eigenvalue weighted by Gasteiger charge is -2.30. The number of hydrogen-bond acceptors (Lipinski definition) is 2. The molecule has 28 heavy (non-hydrogen) atoms. The quantitative estimate of drug-likeness (QED) is 0.699. The van der Waals surface area contributed by atoms with Crippen molar-refractivity contribution in [2.75, 3.05) is 0 Å². The van der Waals surface area contributed by atoms with E-state index in [4.69, 9.17) is 23.2 Å². The summed E-state index contributed by atoms with van der Waals surface area (Å²) in [7, 11) is 0. The number of nitrogens with zero attached hydrogens (tertiary/aromatic N) is 1. The molecular weight excluding hydrogens is 395 g/mol. The molecule has 0 aliphatic rings. The van der Waals surface area contributed by atoms with Crippen molar-refractivity contribution < 1.29 is 9.59 Å². The molecule has 2 amide bonds. The van der Waals surface area contributed by atoms with Gasteiger partial charge in [-0.3, -0.25) is 9.59 Å². The zero-order valence-corrected chi connectivity index (χ0v) is 18.1. The standard InChI is InChI=1S/C22H26Cl2N2O2/c1-14(2)25-22(28)16(4)26(13-18-9-10-19(23)12-20(18)24)21(27)11-17-7-5-15(3)6-8-17/h5-10,12,14,16H,11,13H2,1-4H3,(H,25,28)/t16-/m0/s1. The van der Waals surface area contributed by atoms with Crippen molar-refractivity contribution in [1.29, 1.82) is 0 Å². The molecule has 6 heteroatoms. The number of benzene rings is 2. The Labute approximate surface area is 176 Å². The van der Waals surface area contributed by atoms with Crippen LogP contribution in [0.3, 0.4) is 0 Å². The van der Waals surface area contributed by atoms with Crippen molar-refractivity contribution in [3.63, 3.8) is 0 Å². The Kier molecular flexibility index (Phi) is 7.90. The highest BCUT2D eigenvalue weighted by Gasteiger charge is 2.27. The number of rotatable bonds is 7. The Hall–Kier alpha value is -2.04. The average Bonchev–Trinajstić information content (AvgIpc) is 2.61. The summed E-state index contributed by atoms with van der Waals surface area (Å²) in [5, 5.41) is 3.87. The molecule has 2 aromatic carbocycles. The van der Waals surface area contributed by atoms with Gasteiger partial charge in [0, 0.05) is 22.6 Å². The molecule has 0 saturated carbocycles. The Balaban J connectivity index is 2.27. The molecule has 0 spiro atoms. The topological polar surface area (TPSA) is 49.4 Å². The normalized spacial score (nSPS) is 12.0. The number of halogens is 2. The summed E-state index contributed by atoms with van der Waals surface area (Å²) in [5.74, 6) is -0.335. The number of carbonyl (C=O) groups is 2. The third-order valence-electron chi connectivity index (χ3n) is 4.43. The Morgan fingerprint density at radius 1 is 1.04 bits per heavy atom. The van der Waals surface area contributed by atoms with Gasteiger partial charge in [-0.1, -0.05) is 59.1 Å². The second kappa shape index (κ2) is 9.94. The van der Waals surface area contributed by atoms with Crippen molar-refractivity contribution in [2.45, 2.75) is 52.7 Å². The number of nitrogens with one attached hydrogen (secondary N) is 1. The molecule has 0 heterocycles. The lowest BCUT2D eigenvalue weighted by Crippen LogP contribution is -2.49. The zero-order valence-electron chi connectivity index (χ0n) is 16.6. The molecule has 0 unspecified atom stereocenters. The van der Waals surface area contributed by atoms with Crippen molar-refractivity contribution in [1.82, 2.24) is 10.2 Å². The van der Waals surface area contributed by atoms with Gasteiger partial charge in [-0.2, -0.15) is 0 Å². The van der Waals surface area contributed by atoms with Crippen LogP contribution >= 0.6 is 23.2 Å². The van der Waals surface area contributed by atoms with Crippen LogP contribution in [-0.4, -0.2) is 28.8 Å². The van der Waals surface area contributed by atoms with E-state index in [2.05, 4.69) is 5.32 Å². The number of aryl methyl sites for hydroxylation is 1. The maximum absolute atomic E-state index is 13.1. The summed E-state index contributed by atoms with van der Waals surface area (Å²) in [6, 6.07) is 12.3. The third kappa shape index (κ3) is 6.25. The van der Waals surface area contributed by atoms with Crippen LogP contribution in [0, 0.1) is 6.92 Å². The fourth-order valence-electron chi connectivity index (χ4n) is 2.80. The van der Waals surface area contributed by atoms with Crippen molar-refractivity contribution >= 4 is 35.0 Å². The largest absolute Gasteiger partial charge is 0.352 e. The van der Waals surface area contributed by atoms with E-state index in [9.17, 15) is 9.59 Å². The number of hydrogen-bond donors (Lipinski definition) is 1.